The molecule has 0 bridgehead atoms. The molecule has 0 aliphatic heterocycles. The van der Waals surface area contributed by atoms with Gasteiger partial charge in [-0.25, -0.2) is 8.78 Å². The molecule has 1 aliphatic carbocycles. The maximum Gasteiger partial charge on any atom is 0.426 e. The molecule has 0 saturated heterocycles. The third-order valence-electron chi connectivity index (χ3n) is 10.1. The second-order valence-electron chi connectivity index (χ2n) is 16.0. The molecule has 1 aliphatic rings. The molecule has 1 rings (SSSR count). The quantitative estimate of drug-likeness (QED) is 0.0531. The van der Waals surface area contributed by atoms with E-state index in [0.717, 1.165) is 12.8 Å². The van der Waals surface area contributed by atoms with Gasteiger partial charge in [-0.05, 0) is 52.4 Å². The van der Waals surface area contributed by atoms with E-state index in [1.807, 2.05) is 0 Å². The Morgan fingerprint density at radius 1 is 0.420 bits per heavy atom. The lowest BCUT2D eigenvalue weighted by Gasteiger charge is -2.37. The molecular formula is C35H58F22O12. The summed E-state index contributed by atoms with van der Waals surface area (Å²) in [4.78, 5) is 0. The molecule has 69 heavy (non-hydrogen) atoms. The Morgan fingerprint density at radius 3 is 0.855 bits per heavy atom. The smallest absolute Gasteiger partial charge is 0.396 e. The highest BCUT2D eigenvalue weighted by atomic mass is 19.4. The van der Waals surface area contributed by atoms with Gasteiger partial charge in [0.15, 0.2) is 0 Å². The average Bonchev–Trinajstić information content (AvgIpc) is 3.16. The molecule has 0 heterocycles. The molecule has 0 aromatic carbocycles. The first-order valence-corrected chi connectivity index (χ1v) is 19.2. The van der Waals surface area contributed by atoms with Crippen molar-refractivity contribution in [2.45, 2.75) is 147 Å². The van der Waals surface area contributed by atoms with Crippen LogP contribution in [0.2, 0.25) is 0 Å². The topological polar surface area (TPSA) is 243 Å². The van der Waals surface area contributed by atoms with Gasteiger partial charge in [0, 0.05) is 19.1 Å². The second kappa shape index (κ2) is 28.4. The lowest BCUT2D eigenvalue weighted by molar-refractivity contribution is -0.455. The fourth-order valence-corrected chi connectivity index (χ4v) is 4.15. The summed E-state index contributed by atoms with van der Waals surface area (Å²) in [5, 5.41) is 95.7. The minimum Gasteiger partial charge on any atom is -0.396 e. The molecule has 34 heteroatoms. The monoisotopic (exact) mass is 1090 g/mol. The SMILES string of the molecule is CC(C(O)(F)F)(C(O)(F)F)C(F)(F)F.CC(C)(C(O)(F)F)C(O)(F)F.CC(CO)(CO)C(F)(F)F.CCCCCC1CCC(C(CO)CO)CC1.OC(F)(F)C(F)(F)C(O)(F)F.OCC(F)(F)CO. The summed E-state index contributed by atoms with van der Waals surface area (Å²) in [5.74, 6) is -7.87. The largest absolute Gasteiger partial charge is 0.426 e. The summed E-state index contributed by atoms with van der Waals surface area (Å²) in [6.45, 7) is -1.42. The van der Waals surface area contributed by atoms with Crippen LogP contribution >= 0.6 is 0 Å². The minimum atomic E-state index is -6.18. The van der Waals surface area contributed by atoms with E-state index in [0.29, 0.717) is 19.8 Å². The molecule has 0 spiro atoms. The molecule has 12 nitrogen and oxygen atoms in total. The molecule has 12 N–H and O–H groups in total. The number of unbranched alkanes of at least 4 members (excludes halogenated alkanes) is 2. The molecular weight excluding hydrogens is 1030 g/mol. The molecule has 0 unspecified atom stereocenters. The third-order valence-corrected chi connectivity index (χ3v) is 10.1. The Morgan fingerprint density at radius 2 is 0.739 bits per heavy atom. The van der Waals surface area contributed by atoms with Crippen molar-refractivity contribution in [2.75, 3.05) is 39.6 Å². The van der Waals surface area contributed by atoms with Crippen LogP contribution in [0.1, 0.15) is 86.0 Å². The Balaban J connectivity index is -0.000000242. The summed E-state index contributed by atoms with van der Waals surface area (Å²) >= 11 is 0. The zero-order valence-electron chi connectivity index (χ0n) is 36.8. The van der Waals surface area contributed by atoms with Crippen LogP contribution in [0, 0.1) is 34.0 Å². The highest BCUT2D eigenvalue weighted by molar-refractivity contribution is 4.94. The van der Waals surface area contributed by atoms with Crippen LogP contribution in [0.4, 0.5) is 96.6 Å². The molecule has 0 aromatic heterocycles. The van der Waals surface area contributed by atoms with E-state index in [9.17, 15) is 96.6 Å². The van der Waals surface area contributed by atoms with Crippen molar-refractivity contribution in [3.63, 3.8) is 0 Å². The van der Waals surface area contributed by atoms with E-state index in [2.05, 4.69) is 6.92 Å². The van der Waals surface area contributed by atoms with Crippen LogP contribution in [0.25, 0.3) is 0 Å². The minimum absolute atomic E-state index is 0.136. The first-order valence-electron chi connectivity index (χ1n) is 19.2. The Kier molecular flexibility index (Phi) is 31.3. The third kappa shape index (κ3) is 24.5. The van der Waals surface area contributed by atoms with Crippen molar-refractivity contribution in [3.8, 4) is 0 Å². The van der Waals surface area contributed by atoms with Gasteiger partial charge in [-0.2, -0.15) is 87.8 Å². The maximum atomic E-state index is 12.0. The van der Waals surface area contributed by atoms with Crippen LogP contribution in [0.5, 0.6) is 0 Å². The summed E-state index contributed by atoms with van der Waals surface area (Å²) in [7, 11) is 0. The van der Waals surface area contributed by atoms with Crippen molar-refractivity contribution in [1.29, 1.82) is 0 Å². The molecule has 0 amide bonds. The van der Waals surface area contributed by atoms with Crippen LogP contribution in [0.15, 0.2) is 0 Å². The van der Waals surface area contributed by atoms with Gasteiger partial charge in [-0.15, -0.1) is 0 Å². The fraction of sp³-hybridized carbons (Fsp3) is 1.00. The van der Waals surface area contributed by atoms with E-state index in [-0.39, 0.29) is 19.1 Å². The Bertz CT molecular complexity index is 1230. The van der Waals surface area contributed by atoms with E-state index in [4.69, 9.17) is 61.3 Å². The van der Waals surface area contributed by atoms with Gasteiger partial charge < -0.3 is 61.3 Å². The van der Waals surface area contributed by atoms with Crippen molar-refractivity contribution >= 4 is 0 Å². The summed E-state index contributed by atoms with van der Waals surface area (Å²) in [6.07, 6.45) is -33.0. The molecule has 1 saturated carbocycles. The second-order valence-corrected chi connectivity index (χ2v) is 16.0. The summed E-state index contributed by atoms with van der Waals surface area (Å²) < 4.78 is 257. The highest BCUT2D eigenvalue weighted by Gasteiger charge is 2.78. The first-order chi connectivity index (χ1) is 30.1. The van der Waals surface area contributed by atoms with Crippen LogP contribution < -0.4 is 0 Å². The van der Waals surface area contributed by atoms with Gasteiger partial charge in [0.2, 0.25) is 5.41 Å². The molecule has 0 atom stereocenters. The van der Waals surface area contributed by atoms with Crippen LogP contribution in [-0.2, 0) is 0 Å². The number of aliphatic hydroxyl groups excluding tert-OH is 6. The zero-order chi connectivity index (χ0) is 57.1. The van der Waals surface area contributed by atoms with Crippen molar-refractivity contribution < 1.29 is 158 Å². The lowest BCUT2D eigenvalue weighted by atomic mass is 9.75. The number of hydrogen-bond acceptors (Lipinski definition) is 12. The standard InChI is InChI=1S/C14H28O2.C5H5F7O2.C5H8F4O2.C5H9F3O2.C3H2F6O2.C3H6F2O2/c1-2-3-4-5-12-6-8-13(9-7-12)14(10-15)11-16;1-2(3(6,7)8,4(9,10)13)5(11,12)14;1-3(2,4(6,7)10)5(8,9)11;1-4(2-9,3-10)5(6,7)8;4-1(5,2(6,7)10)3(8,9)11;4-3(5,1-6)2-7/h12-16H,2-11H2,1H3;13-14H,1H3;10-11H,1-2H3;9-10H,2-3H2,1H3;10-11H;6-7H,1-2H2. The highest BCUT2D eigenvalue weighted by Crippen LogP contribution is 2.55. The molecule has 0 radical (unpaired) electrons. The van der Waals surface area contributed by atoms with Crippen molar-refractivity contribution in [3.05, 3.63) is 0 Å². The number of aliphatic hydroxyl groups is 12. The number of alkyl halides is 22. The normalized spacial score (nSPS) is 17.4. The lowest BCUT2D eigenvalue weighted by Crippen LogP contribution is -2.60. The predicted octanol–water partition coefficient (Wildman–Crippen LogP) is 6.82. The molecule has 424 valence electrons. The van der Waals surface area contributed by atoms with E-state index in [1.165, 1.54) is 51.4 Å². The van der Waals surface area contributed by atoms with Gasteiger partial charge in [-0.1, -0.05) is 45.4 Å². The molecule has 1 fully saturated rings. The van der Waals surface area contributed by atoms with E-state index < -0.39 is 110 Å². The first kappa shape index (κ1) is 75.9. The van der Waals surface area contributed by atoms with Gasteiger partial charge in [0.05, 0.1) is 13.2 Å². The number of hydrogen-bond donors (Lipinski definition) is 12. The number of rotatable bonds is 17. The Hall–Kier alpha value is -2.02. The van der Waals surface area contributed by atoms with E-state index >= 15 is 0 Å². The fourth-order valence-electron chi connectivity index (χ4n) is 4.15. The summed E-state index contributed by atoms with van der Waals surface area (Å²) in [6, 6.07) is 0. The maximum absolute atomic E-state index is 12.0. The van der Waals surface area contributed by atoms with E-state index in [1.54, 1.807) is 0 Å². The summed E-state index contributed by atoms with van der Waals surface area (Å²) in [5.41, 5.74) is -10.8. The van der Waals surface area contributed by atoms with Crippen LogP contribution in [-0.4, -0.2) is 162 Å². The number of halogens is 22. The zero-order valence-corrected chi connectivity index (χ0v) is 36.8. The van der Waals surface area contributed by atoms with Gasteiger partial charge in [0.1, 0.15) is 24.0 Å². The average molecular weight is 1090 g/mol. The van der Waals surface area contributed by atoms with Crippen molar-refractivity contribution in [1.82, 2.24) is 0 Å². The predicted molar refractivity (Wildman–Crippen MR) is 191 cm³/mol. The molecule has 0 aromatic rings. The van der Waals surface area contributed by atoms with Gasteiger partial charge in [-0.3, -0.25) is 0 Å². The van der Waals surface area contributed by atoms with Gasteiger partial charge >= 0.3 is 54.9 Å². The Labute approximate surface area is 378 Å². The van der Waals surface area contributed by atoms with Crippen molar-refractivity contribution in [2.24, 2.45) is 34.0 Å². The van der Waals surface area contributed by atoms with Gasteiger partial charge in [0.25, 0.3) is 5.92 Å². The van der Waals surface area contributed by atoms with Crippen LogP contribution in [0.3, 0.4) is 0 Å².